The number of aliphatic imine (C=N–C) groups is 1. The van der Waals surface area contributed by atoms with Crippen molar-refractivity contribution in [1.82, 2.24) is 24.1 Å². The molecule has 0 saturated carbocycles. The fourth-order valence-corrected chi connectivity index (χ4v) is 6.70. The molecule has 2 saturated heterocycles. The molecule has 0 N–H and O–H groups in total. The number of halogens is 1. The first-order valence-corrected chi connectivity index (χ1v) is 16.2. The third-order valence-electron chi connectivity index (χ3n) is 9.11. The molecule has 0 aliphatic carbocycles. The van der Waals surface area contributed by atoms with Crippen molar-refractivity contribution in [2.75, 3.05) is 45.9 Å². The summed E-state index contributed by atoms with van der Waals surface area (Å²) in [5.41, 5.74) is 4.53. The Morgan fingerprint density at radius 2 is 1.84 bits per heavy atom. The lowest BCUT2D eigenvalue weighted by Crippen LogP contribution is -2.49. The fraction of sp³-hybridized carbons (Fsp3) is 0.371. The van der Waals surface area contributed by atoms with Crippen LogP contribution in [0.25, 0.3) is 16.9 Å². The number of pyridine rings is 1. The van der Waals surface area contributed by atoms with Crippen LogP contribution in [0.5, 0.6) is 5.75 Å². The monoisotopic (exact) mass is 624 g/mol. The number of benzene rings is 2. The minimum atomic E-state index is -0.0329. The van der Waals surface area contributed by atoms with Crippen LogP contribution in [0.4, 0.5) is 5.69 Å². The highest BCUT2D eigenvalue weighted by atomic mass is 35.5. The van der Waals surface area contributed by atoms with E-state index in [1.807, 2.05) is 88.1 Å². The number of aromatic nitrogens is 2. The van der Waals surface area contributed by atoms with Crippen molar-refractivity contribution in [2.24, 2.45) is 4.99 Å². The number of aryl methyl sites for hydroxylation is 1. The number of rotatable bonds is 8. The molecule has 2 fully saturated rings. The van der Waals surface area contributed by atoms with Gasteiger partial charge in [-0.15, -0.1) is 0 Å². The van der Waals surface area contributed by atoms with Gasteiger partial charge in [0.05, 0.1) is 29.4 Å². The summed E-state index contributed by atoms with van der Waals surface area (Å²) in [5, 5.41) is 0.662. The quantitative estimate of drug-likeness (QED) is 0.228. The third-order valence-corrected chi connectivity index (χ3v) is 9.36. The fourth-order valence-electron chi connectivity index (χ4n) is 6.57. The van der Waals surface area contributed by atoms with Gasteiger partial charge in [-0.3, -0.25) is 23.9 Å². The van der Waals surface area contributed by atoms with Gasteiger partial charge in [-0.05, 0) is 87.2 Å². The zero-order valence-electron chi connectivity index (χ0n) is 25.5. The average Bonchev–Trinajstić information content (AvgIpc) is 3.67. The Bertz CT molecular complexity index is 1760. The molecule has 0 unspecified atom stereocenters. The van der Waals surface area contributed by atoms with Gasteiger partial charge in [0.2, 0.25) is 0 Å². The molecule has 0 radical (unpaired) electrons. The highest BCUT2D eigenvalue weighted by molar-refractivity contribution is 6.30. The van der Waals surface area contributed by atoms with Crippen LogP contribution in [0.15, 0.2) is 65.8 Å². The predicted molar refractivity (Wildman–Crippen MR) is 176 cm³/mol. The Labute approximate surface area is 268 Å². The first-order valence-electron chi connectivity index (χ1n) is 15.8. The minimum absolute atomic E-state index is 0.0329. The van der Waals surface area contributed by atoms with Crippen LogP contribution in [-0.2, 0) is 0 Å². The Balaban J connectivity index is 0.903. The summed E-state index contributed by atoms with van der Waals surface area (Å²) in [5.74, 6) is 1.56. The first kappa shape index (κ1) is 29.5. The summed E-state index contributed by atoms with van der Waals surface area (Å²) in [6, 6.07) is 17.3. The SMILES string of the molecule is Cc1cc2c(cc1OCCCCN1CCN(C(=O)c3nc(-c4ccc(Cl)cc4)n4ccccc34)CC1)N=C[C@@H]1CCCN1C2=O. The number of unbranched alkanes of at least 4 members (excludes halogenated alkanes) is 1. The molecule has 2 aromatic heterocycles. The van der Waals surface area contributed by atoms with E-state index < -0.39 is 0 Å². The van der Waals surface area contributed by atoms with Crippen LogP contribution in [0.1, 0.15) is 52.1 Å². The summed E-state index contributed by atoms with van der Waals surface area (Å²) >= 11 is 6.09. The lowest BCUT2D eigenvalue weighted by molar-refractivity contribution is 0.0630. The molecule has 232 valence electrons. The maximum Gasteiger partial charge on any atom is 0.274 e. The van der Waals surface area contributed by atoms with Gasteiger partial charge >= 0.3 is 0 Å². The van der Waals surface area contributed by atoms with Crippen LogP contribution >= 0.6 is 11.6 Å². The van der Waals surface area contributed by atoms with Crippen molar-refractivity contribution < 1.29 is 14.3 Å². The first-order chi connectivity index (χ1) is 22.0. The molecule has 0 bridgehead atoms. The maximum absolute atomic E-state index is 13.6. The Kier molecular flexibility index (Phi) is 8.29. The number of hydrogen-bond donors (Lipinski definition) is 0. The number of fused-ring (bicyclic) bond motifs is 3. The highest BCUT2D eigenvalue weighted by Gasteiger charge is 2.32. The maximum atomic E-state index is 13.6. The standard InChI is InChI=1S/C35H37ClN6O3/c1-24-21-28-29(37-23-27-7-6-15-41(27)34(28)43)22-31(24)45-20-5-4-13-39-16-18-40(19-17-39)35(44)32-30-8-2-3-14-42(30)33(38-32)25-9-11-26(36)12-10-25/h2-3,8-12,14,21-23,27H,4-7,13,15-20H2,1H3/t27-/m0/s1. The molecule has 9 nitrogen and oxygen atoms in total. The Morgan fingerprint density at radius 1 is 1.02 bits per heavy atom. The van der Waals surface area contributed by atoms with Gasteiger partial charge in [0.15, 0.2) is 5.69 Å². The molecule has 2 aromatic carbocycles. The van der Waals surface area contributed by atoms with Crippen LogP contribution in [0, 0.1) is 6.92 Å². The molecule has 4 aromatic rings. The van der Waals surface area contributed by atoms with Crippen molar-refractivity contribution in [2.45, 2.75) is 38.6 Å². The summed E-state index contributed by atoms with van der Waals surface area (Å²) < 4.78 is 8.12. The lowest BCUT2D eigenvalue weighted by atomic mass is 10.1. The summed E-state index contributed by atoms with van der Waals surface area (Å²) in [4.78, 5) is 42.4. The average molecular weight is 625 g/mol. The van der Waals surface area contributed by atoms with E-state index in [2.05, 4.69) is 9.89 Å². The molecule has 3 aliphatic rings. The molecule has 3 aliphatic heterocycles. The number of carbonyl (C=O) groups excluding carboxylic acids is 2. The van der Waals surface area contributed by atoms with Gasteiger partial charge < -0.3 is 14.5 Å². The number of ether oxygens (including phenoxy) is 1. The van der Waals surface area contributed by atoms with E-state index in [1.165, 1.54) is 0 Å². The zero-order chi connectivity index (χ0) is 30.9. The number of amides is 2. The Morgan fingerprint density at radius 3 is 2.67 bits per heavy atom. The van der Waals surface area contributed by atoms with Gasteiger partial charge in [-0.1, -0.05) is 17.7 Å². The number of carbonyl (C=O) groups is 2. The predicted octanol–water partition coefficient (Wildman–Crippen LogP) is 5.90. The topological polar surface area (TPSA) is 82.8 Å². The summed E-state index contributed by atoms with van der Waals surface area (Å²) in [7, 11) is 0. The second-order valence-corrected chi connectivity index (χ2v) is 12.5. The van der Waals surface area contributed by atoms with E-state index in [0.29, 0.717) is 41.7 Å². The molecule has 10 heteroatoms. The van der Waals surface area contributed by atoms with Crippen LogP contribution in [-0.4, -0.2) is 94.0 Å². The molecule has 0 spiro atoms. The normalized spacial score (nSPS) is 18.3. The van der Waals surface area contributed by atoms with Crippen LogP contribution in [0.2, 0.25) is 5.02 Å². The van der Waals surface area contributed by atoms with E-state index in [4.69, 9.17) is 21.3 Å². The van der Waals surface area contributed by atoms with Crippen molar-refractivity contribution in [1.29, 1.82) is 0 Å². The number of imidazole rings is 1. The van der Waals surface area contributed by atoms with Crippen molar-refractivity contribution in [3.8, 4) is 17.1 Å². The minimum Gasteiger partial charge on any atom is -0.493 e. The van der Waals surface area contributed by atoms with E-state index in [1.54, 1.807) is 0 Å². The van der Waals surface area contributed by atoms with Crippen molar-refractivity contribution in [3.05, 3.63) is 82.6 Å². The second-order valence-electron chi connectivity index (χ2n) is 12.1. The Hall–Kier alpha value is -4.21. The second kappa shape index (κ2) is 12.7. The molecule has 5 heterocycles. The van der Waals surface area contributed by atoms with Gasteiger partial charge in [0.25, 0.3) is 11.8 Å². The molecule has 45 heavy (non-hydrogen) atoms. The summed E-state index contributed by atoms with van der Waals surface area (Å²) in [6.07, 6.45) is 7.78. The van der Waals surface area contributed by atoms with Crippen LogP contribution in [0.3, 0.4) is 0 Å². The van der Waals surface area contributed by atoms with Gasteiger partial charge in [-0.2, -0.15) is 0 Å². The molecular formula is C35H37ClN6O3. The third kappa shape index (κ3) is 5.94. The molecular weight excluding hydrogens is 588 g/mol. The van der Waals surface area contributed by atoms with Crippen molar-refractivity contribution >= 4 is 40.8 Å². The van der Waals surface area contributed by atoms with E-state index in [-0.39, 0.29) is 17.9 Å². The number of nitrogens with zero attached hydrogens (tertiary/aromatic N) is 6. The highest BCUT2D eigenvalue weighted by Crippen LogP contribution is 2.34. The van der Waals surface area contributed by atoms with E-state index in [9.17, 15) is 9.59 Å². The van der Waals surface area contributed by atoms with Gasteiger partial charge in [0.1, 0.15) is 11.6 Å². The van der Waals surface area contributed by atoms with Crippen molar-refractivity contribution in [3.63, 3.8) is 0 Å². The summed E-state index contributed by atoms with van der Waals surface area (Å²) in [6.45, 7) is 7.35. The molecule has 1 atom stereocenters. The molecule has 7 rings (SSSR count). The smallest absolute Gasteiger partial charge is 0.274 e. The zero-order valence-corrected chi connectivity index (χ0v) is 26.2. The number of hydrogen-bond acceptors (Lipinski definition) is 6. The number of piperazine rings is 1. The lowest BCUT2D eigenvalue weighted by Gasteiger charge is -2.34. The van der Waals surface area contributed by atoms with Crippen LogP contribution < -0.4 is 4.74 Å². The largest absolute Gasteiger partial charge is 0.493 e. The van der Waals surface area contributed by atoms with E-state index >= 15 is 0 Å². The van der Waals surface area contributed by atoms with Gasteiger partial charge in [-0.25, -0.2) is 4.98 Å². The van der Waals surface area contributed by atoms with E-state index in [0.717, 1.165) is 80.1 Å². The van der Waals surface area contributed by atoms with Gasteiger partial charge in [0, 0.05) is 61.8 Å². The molecule has 2 amide bonds.